The van der Waals surface area contributed by atoms with E-state index in [1.807, 2.05) is 0 Å². The Morgan fingerprint density at radius 3 is 2.77 bits per heavy atom. The van der Waals surface area contributed by atoms with Gasteiger partial charge in [0.25, 0.3) is 11.1 Å². The first-order valence-corrected chi connectivity index (χ1v) is 8.66. The van der Waals surface area contributed by atoms with E-state index >= 15 is 0 Å². The maximum Gasteiger partial charge on any atom is 0.283 e. The topological polar surface area (TPSA) is 73.9 Å². The van der Waals surface area contributed by atoms with Crippen molar-refractivity contribution in [3.05, 3.63) is 65.5 Å². The van der Waals surface area contributed by atoms with Crippen molar-refractivity contribution >= 4 is 34.3 Å². The summed E-state index contributed by atoms with van der Waals surface area (Å²) in [5.41, 5.74) is 0.634. The number of hydrogen-bond donors (Lipinski definition) is 0. The first-order chi connectivity index (χ1) is 12.7. The van der Waals surface area contributed by atoms with E-state index < -0.39 is 0 Å². The normalized spacial score (nSPS) is 11.0. The lowest BCUT2D eigenvalue weighted by Crippen LogP contribution is -1.95. The Bertz CT molecular complexity index is 1060. The highest BCUT2D eigenvalue weighted by Gasteiger charge is 2.13. The van der Waals surface area contributed by atoms with Gasteiger partial charge in [-0.15, -0.1) is 10.2 Å². The molecule has 0 unspecified atom stereocenters. The van der Waals surface area contributed by atoms with Crippen molar-refractivity contribution in [2.24, 2.45) is 0 Å². The molecule has 0 saturated heterocycles. The van der Waals surface area contributed by atoms with Crippen molar-refractivity contribution in [1.29, 1.82) is 0 Å². The quantitative estimate of drug-likeness (QED) is 0.465. The predicted molar refractivity (Wildman–Crippen MR) is 93.7 cm³/mol. The van der Waals surface area contributed by atoms with E-state index in [2.05, 4.69) is 20.2 Å². The van der Waals surface area contributed by atoms with E-state index in [0.29, 0.717) is 32.6 Å². The van der Waals surface area contributed by atoms with Gasteiger partial charge in [-0.3, -0.25) is 0 Å². The number of aromatic nitrogens is 4. The molecular formula is C17H10ClFN4O2S. The summed E-state index contributed by atoms with van der Waals surface area (Å²) in [4.78, 5) is 8.28. The molecule has 0 radical (unpaired) electrons. The van der Waals surface area contributed by atoms with E-state index in [1.165, 1.54) is 18.5 Å². The summed E-state index contributed by atoms with van der Waals surface area (Å²) in [5, 5.41) is 9.91. The van der Waals surface area contributed by atoms with Gasteiger partial charge in [0, 0.05) is 10.4 Å². The zero-order chi connectivity index (χ0) is 17.9. The van der Waals surface area contributed by atoms with E-state index in [-0.39, 0.29) is 17.6 Å². The van der Waals surface area contributed by atoms with Gasteiger partial charge in [-0.05, 0) is 54.2 Å². The highest BCUT2D eigenvalue weighted by atomic mass is 35.5. The second kappa shape index (κ2) is 7.27. The largest absolute Gasteiger partial charge is 0.484 e. The summed E-state index contributed by atoms with van der Waals surface area (Å²) in [6.45, 7) is 0.119. The van der Waals surface area contributed by atoms with Crippen LogP contribution in [0.4, 0.5) is 4.39 Å². The number of nitrogens with zero attached hydrogens (tertiary/aromatic N) is 4. The molecule has 0 atom stereocenters. The number of halogens is 2. The third-order valence-electron chi connectivity index (χ3n) is 3.37. The van der Waals surface area contributed by atoms with Gasteiger partial charge in [0.15, 0.2) is 6.61 Å². The number of ether oxygens (including phenoxy) is 1. The number of fused-ring (bicyclic) bond motifs is 1. The minimum absolute atomic E-state index is 0.119. The zero-order valence-corrected chi connectivity index (χ0v) is 14.7. The third-order valence-corrected chi connectivity index (χ3v) is 4.48. The van der Waals surface area contributed by atoms with Gasteiger partial charge in [-0.1, -0.05) is 11.6 Å². The molecule has 0 spiro atoms. The molecule has 6 nitrogen and oxygen atoms in total. The van der Waals surface area contributed by atoms with Crippen LogP contribution in [0.2, 0.25) is 5.02 Å². The van der Waals surface area contributed by atoms with Crippen LogP contribution in [0, 0.1) is 5.82 Å². The Morgan fingerprint density at radius 1 is 1.08 bits per heavy atom. The lowest BCUT2D eigenvalue weighted by molar-refractivity contribution is 0.252. The van der Waals surface area contributed by atoms with Crippen LogP contribution in [0.25, 0.3) is 10.9 Å². The molecule has 0 N–H and O–H groups in total. The van der Waals surface area contributed by atoms with Crippen LogP contribution < -0.4 is 4.74 Å². The number of hydrogen-bond acceptors (Lipinski definition) is 7. The van der Waals surface area contributed by atoms with Gasteiger partial charge in [0.1, 0.15) is 22.9 Å². The van der Waals surface area contributed by atoms with Gasteiger partial charge >= 0.3 is 0 Å². The molecule has 0 aliphatic carbocycles. The van der Waals surface area contributed by atoms with Crippen molar-refractivity contribution < 1.29 is 13.5 Å². The molecule has 2 aromatic carbocycles. The summed E-state index contributed by atoms with van der Waals surface area (Å²) in [5.74, 6) is 0.586. The minimum Gasteiger partial charge on any atom is -0.484 e. The van der Waals surface area contributed by atoms with E-state index in [9.17, 15) is 4.39 Å². The first kappa shape index (κ1) is 16.7. The molecule has 0 saturated carbocycles. The molecule has 0 fully saturated rings. The summed E-state index contributed by atoms with van der Waals surface area (Å²) in [6, 6.07) is 11.3. The molecule has 0 aliphatic rings. The lowest BCUT2D eigenvalue weighted by atomic mass is 10.2. The second-order valence-corrected chi connectivity index (χ2v) is 6.52. The van der Waals surface area contributed by atoms with Gasteiger partial charge < -0.3 is 9.15 Å². The summed E-state index contributed by atoms with van der Waals surface area (Å²) in [7, 11) is 0. The molecule has 4 rings (SSSR count). The van der Waals surface area contributed by atoms with Crippen LogP contribution >= 0.6 is 23.4 Å². The van der Waals surface area contributed by atoms with Crippen molar-refractivity contribution in [2.75, 3.05) is 0 Å². The highest BCUT2D eigenvalue weighted by Crippen LogP contribution is 2.30. The number of rotatable bonds is 5. The molecule has 0 bridgehead atoms. The van der Waals surface area contributed by atoms with Crippen LogP contribution in [0.5, 0.6) is 5.75 Å². The van der Waals surface area contributed by atoms with Gasteiger partial charge in [-0.2, -0.15) is 0 Å². The maximum absolute atomic E-state index is 13.5. The molecule has 0 aliphatic heterocycles. The van der Waals surface area contributed by atoms with Crippen molar-refractivity contribution in [3.8, 4) is 5.75 Å². The Labute approximate surface area is 156 Å². The first-order valence-electron chi connectivity index (χ1n) is 7.46. The summed E-state index contributed by atoms with van der Waals surface area (Å²) >= 11 is 6.97. The minimum atomic E-state index is -0.364. The second-order valence-electron chi connectivity index (χ2n) is 5.15. The Morgan fingerprint density at radius 2 is 1.92 bits per heavy atom. The Kier molecular flexibility index (Phi) is 4.68. The average Bonchev–Trinajstić information content (AvgIpc) is 3.09. The maximum atomic E-state index is 13.5. The standard InChI is InChI=1S/C17H10ClFN4O2S/c18-10-1-4-12(5-2-10)24-8-15-22-23-17(25-15)26-16-13-7-11(19)3-6-14(13)20-9-21-16/h1-7,9H,8H2. The Balaban J connectivity index is 1.48. The van der Waals surface area contributed by atoms with Gasteiger partial charge in [0.05, 0.1) is 5.52 Å². The monoisotopic (exact) mass is 388 g/mol. The van der Waals surface area contributed by atoms with Crippen LogP contribution in [0.15, 0.2) is 63.5 Å². The Hall–Kier alpha value is -2.71. The molecule has 9 heteroatoms. The molecule has 26 heavy (non-hydrogen) atoms. The summed E-state index contributed by atoms with van der Waals surface area (Å²) in [6.07, 6.45) is 1.41. The van der Waals surface area contributed by atoms with Crippen LogP contribution in [-0.2, 0) is 6.61 Å². The van der Waals surface area contributed by atoms with E-state index in [1.54, 1.807) is 30.3 Å². The smallest absolute Gasteiger partial charge is 0.283 e. The molecule has 2 aromatic heterocycles. The zero-order valence-electron chi connectivity index (χ0n) is 13.1. The fourth-order valence-corrected chi connectivity index (χ4v) is 3.07. The van der Waals surface area contributed by atoms with Crippen molar-refractivity contribution in [2.45, 2.75) is 16.9 Å². The van der Waals surface area contributed by atoms with Crippen LogP contribution in [0.3, 0.4) is 0 Å². The molecule has 2 heterocycles. The highest BCUT2D eigenvalue weighted by molar-refractivity contribution is 7.99. The predicted octanol–water partition coefficient (Wildman–Crippen LogP) is 4.54. The summed E-state index contributed by atoms with van der Waals surface area (Å²) < 4.78 is 24.6. The van der Waals surface area contributed by atoms with Gasteiger partial charge in [0.2, 0.25) is 0 Å². The lowest BCUT2D eigenvalue weighted by Gasteiger charge is -2.03. The average molecular weight is 389 g/mol. The fraction of sp³-hybridized carbons (Fsp3) is 0.0588. The third kappa shape index (κ3) is 3.76. The van der Waals surface area contributed by atoms with E-state index in [4.69, 9.17) is 20.8 Å². The fourth-order valence-electron chi connectivity index (χ4n) is 2.18. The van der Waals surface area contributed by atoms with Gasteiger partial charge in [-0.25, -0.2) is 14.4 Å². The van der Waals surface area contributed by atoms with E-state index in [0.717, 1.165) is 11.8 Å². The molecule has 0 amide bonds. The van der Waals surface area contributed by atoms with Crippen molar-refractivity contribution in [3.63, 3.8) is 0 Å². The van der Waals surface area contributed by atoms with Crippen LogP contribution in [-0.4, -0.2) is 20.2 Å². The number of benzene rings is 2. The molecule has 4 aromatic rings. The van der Waals surface area contributed by atoms with Crippen molar-refractivity contribution in [1.82, 2.24) is 20.2 Å². The molecular weight excluding hydrogens is 379 g/mol. The SMILES string of the molecule is Fc1ccc2ncnc(Sc3nnc(COc4ccc(Cl)cc4)o3)c2c1. The molecule has 130 valence electrons. The van der Waals surface area contributed by atoms with Crippen LogP contribution in [0.1, 0.15) is 5.89 Å².